The number of benzene rings is 1. The molecule has 5 heteroatoms. The van der Waals surface area contributed by atoms with E-state index in [0.29, 0.717) is 6.04 Å². The van der Waals surface area contributed by atoms with Crippen molar-refractivity contribution in [3.63, 3.8) is 0 Å². The summed E-state index contributed by atoms with van der Waals surface area (Å²) in [5, 5.41) is 0. The lowest BCUT2D eigenvalue weighted by molar-refractivity contribution is 0.0793. The second kappa shape index (κ2) is 8.15. The number of carbonyl (C=O) groups is 1. The Labute approximate surface area is 173 Å². The largest absolute Gasteiger partial charge is 0.355 e. The van der Waals surface area contributed by atoms with Crippen LogP contribution in [0.25, 0.3) is 0 Å². The number of pyridine rings is 1. The van der Waals surface area contributed by atoms with E-state index in [1.807, 2.05) is 23.2 Å². The van der Waals surface area contributed by atoms with Gasteiger partial charge in [-0.1, -0.05) is 24.3 Å². The Morgan fingerprint density at radius 2 is 1.59 bits per heavy atom. The molecule has 2 fully saturated rings. The van der Waals surface area contributed by atoms with E-state index in [4.69, 9.17) is 0 Å². The van der Waals surface area contributed by atoms with E-state index < -0.39 is 0 Å². The van der Waals surface area contributed by atoms with Gasteiger partial charge < -0.3 is 9.80 Å². The molecule has 1 aromatic heterocycles. The Morgan fingerprint density at radius 3 is 2.34 bits per heavy atom. The normalized spacial score (nSPS) is 20.7. The summed E-state index contributed by atoms with van der Waals surface area (Å²) in [6.07, 6.45) is 7.50. The molecule has 5 rings (SSSR count). The first-order valence-electron chi connectivity index (χ1n) is 11.1. The maximum absolute atomic E-state index is 13.0. The number of hydrogen-bond donors (Lipinski definition) is 0. The smallest absolute Gasteiger partial charge is 0.257 e. The Bertz CT molecular complexity index is 852. The van der Waals surface area contributed by atoms with Crippen LogP contribution in [-0.4, -0.2) is 66.0 Å². The fraction of sp³-hybridized carbons (Fsp3) is 0.500. The lowest BCUT2D eigenvalue weighted by Gasteiger charge is -2.28. The van der Waals surface area contributed by atoms with Gasteiger partial charge in [-0.15, -0.1) is 0 Å². The summed E-state index contributed by atoms with van der Waals surface area (Å²) in [6.45, 7) is 5.81. The summed E-state index contributed by atoms with van der Waals surface area (Å²) in [5.41, 5.74) is 3.81. The summed E-state index contributed by atoms with van der Waals surface area (Å²) in [7, 11) is 0. The van der Waals surface area contributed by atoms with Crippen molar-refractivity contribution < 1.29 is 4.79 Å². The molecule has 0 atom stereocenters. The Balaban J connectivity index is 1.29. The molecular formula is C24H30N4O. The third-order valence-electron chi connectivity index (χ3n) is 6.79. The van der Waals surface area contributed by atoms with Gasteiger partial charge in [0.15, 0.2) is 0 Å². The van der Waals surface area contributed by atoms with E-state index in [1.165, 1.54) is 24.0 Å². The third-order valence-corrected chi connectivity index (χ3v) is 6.79. The summed E-state index contributed by atoms with van der Waals surface area (Å²) in [4.78, 5) is 24.7. The van der Waals surface area contributed by atoms with Gasteiger partial charge in [-0.3, -0.25) is 9.69 Å². The zero-order valence-electron chi connectivity index (χ0n) is 17.1. The van der Waals surface area contributed by atoms with Crippen molar-refractivity contribution in [1.29, 1.82) is 0 Å². The molecule has 5 nitrogen and oxygen atoms in total. The molecule has 3 heterocycles. The molecule has 1 aliphatic carbocycles. The Hall–Kier alpha value is -2.40. The SMILES string of the molecule is O=C(c1cccnc1N1CCCN(C2Cc3ccccc3C2)CC1)N1CCCC1. The van der Waals surface area contributed by atoms with Gasteiger partial charge in [0.1, 0.15) is 5.82 Å². The van der Waals surface area contributed by atoms with E-state index in [2.05, 4.69) is 39.0 Å². The van der Waals surface area contributed by atoms with Gasteiger partial charge in [0.05, 0.1) is 5.56 Å². The molecule has 3 aliphatic rings. The van der Waals surface area contributed by atoms with E-state index in [9.17, 15) is 4.79 Å². The van der Waals surface area contributed by atoms with Crippen LogP contribution < -0.4 is 4.90 Å². The summed E-state index contributed by atoms with van der Waals surface area (Å²) >= 11 is 0. The minimum atomic E-state index is 0.151. The molecule has 29 heavy (non-hydrogen) atoms. The van der Waals surface area contributed by atoms with Crippen LogP contribution in [0.15, 0.2) is 42.6 Å². The summed E-state index contributed by atoms with van der Waals surface area (Å²) < 4.78 is 0. The second-order valence-electron chi connectivity index (χ2n) is 8.58. The summed E-state index contributed by atoms with van der Waals surface area (Å²) in [6, 6.07) is 13.3. The predicted molar refractivity (Wildman–Crippen MR) is 115 cm³/mol. The van der Waals surface area contributed by atoms with Gasteiger partial charge in [0.2, 0.25) is 0 Å². The monoisotopic (exact) mass is 390 g/mol. The van der Waals surface area contributed by atoms with E-state index >= 15 is 0 Å². The average Bonchev–Trinajstić information content (AvgIpc) is 3.38. The molecule has 0 N–H and O–H groups in total. The molecule has 0 saturated carbocycles. The van der Waals surface area contributed by atoms with Gasteiger partial charge in [-0.05, 0) is 55.4 Å². The number of anilines is 1. The second-order valence-corrected chi connectivity index (χ2v) is 8.58. The van der Waals surface area contributed by atoms with Crippen molar-refractivity contribution in [2.75, 3.05) is 44.2 Å². The fourth-order valence-corrected chi connectivity index (χ4v) is 5.21. The lowest BCUT2D eigenvalue weighted by atomic mass is 10.1. The standard InChI is InChI=1S/C24H30N4O/c29-24(28-11-3-4-12-28)22-9-5-10-25-23(22)27-14-6-13-26(15-16-27)21-17-19-7-1-2-8-20(19)18-21/h1-2,5,7-10,21H,3-4,6,11-18H2. The number of aromatic nitrogens is 1. The Kier molecular flexibility index (Phi) is 5.23. The zero-order chi connectivity index (χ0) is 19.6. The van der Waals surface area contributed by atoms with Crippen LogP contribution in [-0.2, 0) is 12.8 Å². The summed E-state index contributed by atoms with van der Waals surface area (Å²) in [5.74, 6) is 1.03. The van der Waals surface area contributed by atoms with Crippen molar-refractivity contribution in [2.24, 2.45) is 0 Å². The number of amides is 1. The van der Waals surface area contributed by atoms with Gasteiger partial charge in [-0.25, -0.2) is 4.98 Å². The van der Waals surface area contributed by atoms with Crippen LogP contribution in [0.5, 0.6) is 0 Å². The van der Waals surface area contributed by atoms with Crippen molar-refractivity contribution in [3.05, 3.63) is 59.3 Å². The van der Waals surface area contributed by atoms with Gasteiger partial charge in [-0.2, -0.15) is 0 Å². The molecular weight excluding hydrogens is 360 g/mol. The molecule has 2 aromatic rings. The number of carbonyl (C=O) groups excluding carboxylic acids is 1. The first-order valence-corrected chi connectivity index (χ1v) is 11.1. The quantitative estimate of drug-likeness (QED) is 0.808. The molecule has 2 aliphatic heterocycles. The highest BCUT2D eigenvalue weighted by Crippen LogP contribution is 2.27. The maximum Gasteiger partial charge on any atom is 0.257 e. The molecule has 152 valence electrons. The fourth-order valence-electron chi connectivity index (χ4n) is 5.21. The Morgan fingerprint density at radius 1 is 0.828 bits per heavy atom. The first-order chi connectivity index (χ1) is 14.3. The molecule has 0 bridgehead atoms. The first kappa shape index (κ1) is 18.6. The molecule has 1 aromatic carbocycles. The van der Waals surface area contributed by atoms with Gasteiger partial charge in [0.25, 0.3) is 5.91 Å². The average molecular weight is 391 g/mol. The van der Waals surface area contributed by atoms with Crippen molar-refractivity contribution in [3.8, 4) is 0 Å². The van der Waals surface area contributed by atoms with Crippen LogP contribution in [0.3, 0.4) is 0 Å². The van der Waals surface area contributed by atoms with Crippen molar-refractivity contribution in [2.45, 2.75) is 38.1 Å². The van der Waals surface area contributed by atoms with Crippen molar-refractivity contribution in [1.82, 2.24) is 14.8 Å². The van der Waals surface area contributed by atoms with Crippen LogP contribution >= 0.6 is 0 Å². The number of fused-ring (bicyclic) bond motifs is 1. The minimum absolute atomic E-state index is 0.151. The van der Waals surface area contributed by atoms with E-state index in [0.717, 1.165) is 69.9 Å². The van der Waals surface area contributed by atoms with Crippen LogP contribution in [0.1, 0.15) is 40.7 Å². The number of hydrogen-bond acceptors (Lipinski definition) is 4. The van der Waals surface area contributed by atoms with E-state index in [1.54, 1.807) is 0 Å². The number of likely N-dealkylation sites (tertiary alicyclic amines) is 1. The number of nitrogens with zero attached hydrogens (tertiary/aromatic N) is 4. The maximum atomic E-state index is 13.0. The van der Waals surface area contributed by atoms with Gasteiger partial charge >= 0.3 is 0 Å². The highest BCUT2D eigenvalue weighted by molar-refractivity contribution is 5.99. The molecule has 0 unspecified atom stereocenters. The van der Waals surface area contributed by atoms with E-state index in [-0.39, 0.29) is 5.91 Å². The third kappa shape index (κ3) is 3.76. The van der Waals surface area contributed by atoms with Crippen LogP contribution in [0, 0.1) is 0 Å². The topological polar surface area (TPSA) is 39.7 Å². The van der Waals surface area contributed by atoms with Crippen molar-refractivity contribution >= 4 is 11.7 Å². The van der Waals surface area contributed by atoms with Gasteiger partial charge in [0, 0.05) is 51.5 Å². The van der Waals surface area contributed by atoms with Crippen LogP contribution in [0.4, 0.5) is 5.82 Å². The zero-order valence-corrected chi connectivity index (χ0v) is 17.1. The van der Waals surface area contributed by atoms with Crippen LogP contribution in [0.2, 0.25) is 0 Å². The molecule has 1 amide bonds. The molecule has 0 radical (unpaired) electrons. The highest BCUT2D eigenvalue weighted by atomic mass is 16.2. The highest BCUT2D eigenvalue weighted by Gasteiger charge is 2.30. The number of rotatable bonds is 3. The molecule has 2 saturated heterocycles. The lowest BCUT2D eigenvalue weighted by Crippen LogP contribution is -2.39. The molecule has 0 spiro atoms. The predicted octanol–water partition coefficient (Wildman–Crippen LogP) is 3.00. The minimum Gasteiger partial charge on any atom is -0.355 e.